The Morgan fingerprint density at radius 2 is 1.83 bits per heavy atom. The van der Waals surface area contributed by atoms with E-state index in [1.807, 2.05) is 54.2 Å². The zero-order valence-corrected chi connectivity index (χ0v) is 14.5. The van der Waals surface area contributed by atoms with Crippen molar-refractivity contribution < 1.29 is 0 Å². The number of likely N-dealkylation sites (N-methyl/N-ethyl adjacent to an activating group) is 1. The van der Waals surface area contributed by atoms with Gasteiger partial charge in [-0.25, -0.2) is 9.97 Å². The van der Waals surface area contributed by atoms with Gasteiger partial charge in [0.25, 0.3) is 0 Å². The third-order valence-corrected chi connectivity index (χ3v) is 3.36. The number of rotatable bonds is 5. The van der Waals surface area contributed by atoms with Crippen molar-refractivity contribution in [2.45, 2.75) is 20.3 Å². The van der Waals surface area contributed by atoms with Crippen LogP contribution in [0.5, 0.6) is 0 Å². The third-order valence-electron chi connectivity index (χ3n) is 3.36. The largest absolute Gasteiger partial charge is 0.337 e. The van der Waals surface area contributed by atoms with Crippen LogP contribution in [0.25, 0.3) is 5.65 Å². The van der Waals surface area contributed by atoms with E-state index in [0.717, 1.165) is 30.1 Å². The van der Waals surface area contributed by atoms with Crippen LogP contribution in [-0.2, 0) is 0 Å². The second kappa shape index (κ2) is 9.47. The van der Waals surface area contributed by atoms with Gasteiger partial charge in [-0.15, -0.1) is 0 Å². The van der Waals surface area contributed by atoms with E-state index in [1.165, 1.54) is 5.57 Å². The number of benzene rings is 1. The molecule has 0 saturated carbocycles. The number of allylic oxidation sites excluding steroid dienone is 1. The Morgan fingerprint density at radius 1 is 1.12 bits per heavy atom. The van der Waals surface area contributed by atoms with Crippen LogP contribution < -0.4 is 10.6 Å². The maximum atomic E-state index is 4.28. The van der Waals surface area contributed by atoms with E-state index < -0.39 is 0 Å². The number of hydrogen-bond donors (Lipinski definition) is 2. The quantitative estimate of drug-likeness (QED) is 0.696. The van der Waals surface area contributed by atoms with Gasteiger partial charge in [-0.2, -0.15) is 0 Å². The lowest BCUT2D eigenvalue weighted by atomic mass is 10.2. The molecule has 0 bridgehead atoms. The standard InChI is InChI=1S/C12H10N4.C7H15N/c1-2-4-10(5-3-1)15-11-12-14-7-9-16(12)8-6-13-11;1-4-5-7(2)6-8-3/h1-9H,(H,13,15);5,8H,4,6H2,1-3H3/b;7-5-. The first-order chi connectivity index (χ1) is 11.7. The fraction of sp³-hybridized carbons (Fsp3) is 0.263. The first kappa shape index (κ1) is 17.7. The number of fused-ring (bicyclic) bond motifs is 1. The normalized spacial score (nSPS) is 11.0. The van der Waals surface area contributed by atoms with Crippen molar-refractivity contribution in [3.63, 3.8) is 0 Å². The number of hydrogen-bond acceptors (Lipinski definition) is 4. The summed E-state index contributed by atoms with van der Waals surface area (Å²) in [5, 5.41) is 6.32. The summed E-state index contributed by atoms with van der Waals surface area (Å²) >= 11 is 0. The van der Waals surface area contributed by atoms with Gasteiger partial charge < -0.3 is 15.0 Å². The summed E-state index contributed by atoms with van der Waals surface area (Å²) in [6.07, 6.45) is 10.7. The van der Waals surface area contributed by atoms with Crippen LogP contribution in [0.4, 0.5) is 11.5 Å². The fourth-order valence-corrected chi connectivity index (χ4v) is 2.30. The van der Waals surface area contributed by atoms with Crippen molar-refractivity contribution in [1.29, 1.82) is 0 Å². The summed E-state index contributed by atoms with van der Waals surface area (Å²) < 4.78 is 1.93. The van der Waals surface area contributed by atoms with Crippen LogP contribution in [-0.4, -0.2) is 28.0 Å². The van der Waals surface area contributed by atoms with Crippen molar-refractivity contribution in [3.8, 4) is 0 Å². The molecule has 0 aliphatic carbocycles. The molecule has 0 aliphatic rings. The monoisotopic (exact) mass is 323 g/mol. The topological polar surface area (TPSA) is 54.2 Å². The predicted octanol–water partition coefficient (Wildman–Crippen LogP) is 4.04. The molecular formula is C19H25N5. The van der Waals surface area contributed by atoms with E-state index in [0.29, 0.717) is 0 Å². The molecule has 0 saturated heterocycles. The SMILES string of the molecule is CC/C=C(/C)CNC.c1ccc(Nc2nccn3ccnc23)cc1. The number of imidazole rings is 1. The van der Waals surface area contributed by atoms with Gasteiger partial charge in [-0.3, -0.25) is 0 Å². The van der Waals surface area contributed by atoms with Crippen LogP contribution in [0.3, 0.4) is 0 Å². The zero-order valence-electron chi connectivity index (χ0n) is 14.5. The Bertz CT molecular complexity index is 762. The molecule has 5 nitrogen and oxygen atoms in total. The molecule has 126 valence electrons. The van der Waals surface area contributed by atoms with Crippen molar-refractivity contribution in [3.05, 3.63) is 66.8 Å². The van der Waals surface area contributed by atoms with Crippen molar-refractivity contribution in [2.24, 2.45) is 0 Å². The van der Waals surface area contributed by atoms with Crippen molar-refractivity contribution >= 4 is 17.2 Å². The molecule has 1 aromatic carbocycles. The fourth-order valence-electron chi connectivity index (χ4n) is 2.30. The summed E-state index contributed by atoms with van der Waals surface area (Å²) in [6, 6.07) is 9.93. The highest BCUT2D eigenvalue weighted by molar-refractivity contribution is 5.69. The van der Waals surface area contributed by atoms with Crippen LogP contribution in [0.1, 0.15) is 20.3 Å². The van der Waals surface area contributed by atoms with E-state index >= 15 is 0 Å². The lowest BCUT2D eigenvalue weighted by Gasteiger charge is -2.05. The number of anilines is 2. The van der Waals surface area contributed by atoms with Crippen molar-refractivity contribution in [1.82, 2.24) is 19.7 Å². The molecule has 0 atom stereocenters. The second-order valence-electron chi connectivity index (χ2n) is 5.41. The molecule has 0 radical (unpaired) electrons. The first-order valence-electron chi connectivity index (χ1n) is 8.14. The smallest absolute Gasteiger partial charge is 0.180 e. The highest BCUT2D eigenvalue weighted by Crippen LogP contribution is 2.17. The average molecular weight is 323 g/mol. The Labute approximate surface area is 143 Å². The highest BCUT2D eigenvalue weighted by Gasteiger charge is 2.02. The lowest BCUT2D eigenvalue weighted by Crippen LogP contribution is -2.08. The van der Waals surface area contributed by atoms with Gasteiger partial charge in [0.15, 0.2) is 11.5 Å². The number of aromatic nitrogens is 3. The Kier molecular flexibility index (Phi) is 6.98. The molecule has 2 aromatic heterocycles. The highest BCUT2D eigenvalue weighted by atomic mass is 15.1. The molecule has 0 amide bonds. The van der Waals surface area contributed by atoms with E-state index in [4.69, 9.17) is 0 Å². The van der Waals surface area contributed by atoms with E-state index in [2.05, 4.69) is 40.5 Å². The zero-order chi connectivity index (χ0) is 17.2. The molecule has 0 fully saturated rings. The molecule has 2 heterocycles. The summed E-state index contributed by atoms with van der Waals surface area (Å²) in [5.74, 6) is 0.763. The van der Waals surface area contributed by atoms with Gasteiger partial charge in [-0.1, -0.05) is 36.8 Å². The molecule has 2 N–H and O–H groups in total. The minimum Gasteiger partial charge on any atom is -0.337 e. The summed E-state index contributed by atoms with van der Waals surface area (Å²) in [6.45, 7) is 5.31. The van der Waals surface area contributed by atoms with Crippen LogP contribution in [0.15, 0.2) is 66.8 Å². The second-order valence-corrected chi connectivity index (χ2v) is 5.41. The molecular weight excluding hydrogens is 298 g/mol. The summed E-state index contributed by atoms with van der Waals surface area (Å²) in [5.41, 5.74) is 3.26. The maximum absolute atomic E-state index is 4.28. The molecule has 24 heavy (non-hydrogen) atoms. The third kappa shape index (κ3) is 5.21. The average Bonchev–Trinajstić information content (AvgIpc) is 3.07. The van der Waals surface area contributed by atoms with Gasteiger partial charge in [0.2, 0.25) is 0 Å². The number of nitrogens with one attached hydrogen (secondary N) is 2. The van der Waals surface area contributed by atoms with E-state index in [-0.39, 0.29) is 0 Å². The number of para-hydroxylation sites is 1. The Balaban J connectivity index is 0.000000224. The van der Waals surface area contributed by atoms with Gasteiger partial charge in [0.1, 0.15) is 0 Å². The molecule has 3 aromatic rings. The van der Waals surface area contributed by atoms with E-state index in [1.54, 1.807) is 12.4 Å². The van der Waals surface area contributed by atoms with Crippen LogP contribution in [0.2, 0.25) is 0 Å². The molecule has 3 rings (SSSR count). The predicted molar refractivity (Wildman–Crippen MR) is 101 cm³/mol. The van der Waals surface area contributed by atoms with Crippen LogP contribution >= 0.6 is 0 Å². The minimum atomic E-state index is 0.763. The summed E-state index contributed by atoms with van der Waals surface area (Å²) in [7, 11) is 1.97. The van der Waals surface area contributed by atoms with Crippen LogP contribution in [0, 0.1) is 0 Å². The lowest BCUT2D eigenvalue weighted by molar-refractivity contribution is 0.873. The van der Waals surface area contributed by atoms with Gasteiger partial charge >= 0.3 is 0 Å². The molecule has 5 heteroatoms. The molecule has 0 aliphatic heterocycles. The van der Waals surface area contributed by atoms with Crippen molar-refractivity contribution in [2.75, 3.05) is 18.9 Å². The number of nitrogens with zero attached hydrogens (tertiary/aromatic N) is 3. The summed E-state index contributed by atoms with van der Waals surface area (Å²) in [4.78, 5) is 8.53. The van der Waals surface area contributed by atoms with Gasteiger partial charge in [-0.05, 0) is 32.5 Å². The Morgan fingerprint density at radius 3 is 2.50 bits per heavy atom. The van der Waals surface area contributed by atoms with Gasteiger partial charge in [0, 0.05) is 37.0 Å². The van der Waals surface area contributed by atoms with E-state index in [9.17, 15) is 0 Å². The Hall–Kier alpha value is -2.66. The molecule has 0 unspecified atom stereocenters. The minimum absolute atomic E-state index is 0.763. The maximum Gasteiger partial charge on any atom is 0.180 e. The van der Waals surface area contributed by atoms with Gasteiger partial charge in [0.05, 0.1) is 0 Å². The molecule has 0 spiro atoms. The first-order valence-corrected chi connectivity index (χ1v) is 8.14.